The molecule has 2 rings (SSSR count). The summed E-state index contributed by atoms with van der Waals surface area (Å²) >= 11 is 0. The van der Waals surface area contributed by atoms with Gasteiger partial charge in [-0.05, 0) is 12.0 Å². The van der Waals surface area contributed by atoms with Crippen molar-refractivity contribution in [3.05, 3.63) is 47.7 Å². The van der Waals surface area contributed by atoms with Crippen molar-refractivity contribution in [3.63, 3.8) is 0 Å². The summed E-state index contributed by atoms with van der Waals surface area (Å²) in [5.74, 6) is 0. The van der Waals surface area contributed by atoms with Gasteiger partial charge in [0.25, 0.3) is 0 Å². The van der Waals surface area contributed by atoms with E-state index in [1.165, 1.54) is 17.0 Å². The second kappa shape index (κ2) is 3.65. The molecule has 1 aromatic rings. The maximum absolute atomic E-state index is 4.71. The van der Waals surface area contributed by atoms with Crippen LogP contribution in [-0.2, 0) is 0 Å². The molecule has 1 heterocycles. The summed E-state index contributed by atoms with van der Waals surface area (Å²) in [4.78, 5) is 4.71. The van der Waals surface area contributed by atoms with Crippen molar-refractivity contribution < 1.29 is 0 Å². The molecule has 0 aromatic heterocycles. The molecule has 0 N–H and O–H groups in total. The largest absolute Gasteiger partial charge is 0.257 e. The highest BCUT2D eigenvalue weighted by Gasteiger charge is 2.28. The van der Waals surface area contributed by atoms with Crippen molar-refractivity contribution >= 4 is 5.71 Å². The Kier molecular flexibility index (Phi) is 2.47. The number of hydrogen-bond donors (Lipinski definition) is 0. The van der Waals surface area contributed by atoms with Crippen LogP contribution >= 0.6 is 0 Å². The lowest BCUT2D eigenvalue weighted by Crippen LogP contribution is -2.19. The van der Waals surface area contributed by atoms with E-state index in [4.69, 9.17) is 4.99 Å². The summed E-state index contributed by atoms with van der Waals surface area (Å²) < 4.78 is 0. The van der Waals surface area contributed by atoms with Crippen LogP contribution in [0.25, 0.3) is 0 Å². The first-order chi connectivity index (χ1) is 7.13. The number of allylic oxidation sites excluding steroid dienone is 2. The molecule has 15 heavy (non-hydrogen) atoms. The van der Waals surface area contributed by atoms with Crippen LogP contribution in [-0.4, -0.2) is 5.71 Å². The Morgan fingerprint density at radius 2 is 1.80 bits per heavy atom. The zero-order valence-corrected chi connectivity index (χ0v) is 9.62. The quantitative estimate of drug-likeness (QED) is 0.686. The third kappa shape index (κ3) is 1.87. The van der Waals surface area contributed by atoms with Crippen LogP contribution in [0.2, 0.25) is 0 Å². The van der Waals surface area contributed by atoms with Crippen LogP contribution < -0.4 is 0 Å². The molecule has 0 saturated carbocycles. The predicted octanol–water partition coefficient (Wildman–Crippen LogP) is 3.81. The van der Waals surface area contributed by atoms with E-state index in [0.29, 0.717) is 0 Å². The minimum Gasteiger partial charge on any atom is -0.257 e. The smallest absolute Gasteiger partial charge is 0.0573 e. The first-order valence-electron chi connectivity index (χ1n) is 5.50. The van der Waals surface area contributed by atoms with Gasteiger partial charge in [-0.2, -0.15) is 0 Å². The number of rotatable bonds is 2. The average Bonchev–Trinajstić information content (AvgIpc) is 2.55. The second-order valence-corrected chi connectivity index (χ2v) is 4.54. The summed E-state index contributed by atoms with van der Waals surface area (Å²) in [5, 5.41) is 0. The Morgan fingerprint density at radius 1 is 1.13 bits per heavy atom. The number of hydrogen-bond acceptors (Lipinski definition) is 1. The first kappa shape index (κ1) is 10.2. The summed E-state index contributed by atoms with van der Waals surface area (Å²) in [6, 6.07) is 10.4. The standard InChI is InChI=1S/C14H17N/c1-4-12-10-14(2,3)13(15-12)11-8-6-5-7-9-11/h5-10H,4H2,1-3H3. The van der Waals surface area contributed by atoms with Gasteiger partial charge in [-0.3, -0.25) is 4.99 Å². The Balaban J connectivity index is 2.41. The molecule has 0 spiro atoms. The molecule has 0 bridgehead atoms. The minimum atomic E-state index is 0.0761. The molecule has 1 aliphatic heterocycles. The van der Waals surface area contributed by atoms with E-state index in [1.807, 2.05) is 6.07 Å². The lowest BCUT2D eigenvalue weighted by Gasteiger charge is -2.18. The van der Waals surface area contributed by atoms with E-state index < -0.39 is 0 Å². The average molecular weight is 199 g/mol. The lowest BCUT2D eigenvalue weighted by atomic mass is 9.84. The van der Waals surface area contributed by atoms with E-state index in [-0.39, 0.29) is 5.41 Å². The van der Waals surface area contributed by atoms with Crippen molar-refractivity contribution in [2.24, 2.45) is 10.4 Å². The van der Waals surface area contributed by atoms with Crippen molar-refractivity contribution in [3.8, 4) is 0 Å². The van der Waals surface area contributed by atoms with Crippen LogP contribution in [0.3, 0.4) is 0 Å². The van der Waals surface area contributed by atoms with Crippen molar-refractivity contribution in [2.75, 3.05) is 0 Å². The van der Waals surface area contributed by atoms with Gasteiger partial charge in [0.2, 0.25) is 0 Å². The van der Waals surface area contributed by atoms with E-state index in [9.17, 15) is 0 Å². The molecule has 0 atom stereocenters. The maximum Gasteiger partial charge on any atom is 0.0573 e. The van der Waals surface area contributed by atoms with Gasteiger partial charge < -0.3 is 0 Å². The Hall–Kier alpha value is -1.37. The Morgan fingerprint density at radius 3 is 2.33 bits per heavy atom. The van der Waals surface area contributed by atoms with Crippen LogP contribution in [0.4, 0.5) is 0 Å². The number of aliphatic imine (C=N–C) groups is 1. The molecule has 0 amide bonds. The Bertz CT molecular complexity index is 410. The van der Waals surface area contributed by atoms with Crippen LogP contribution in [0.5, 0.6) is 0 Å². The topological polar surface area (TPSA) is 12.4 Å². The fourth-order valence-electron chi connectivity index (χ4n) is 2.02. The highest BCUT2D eigenvalue weighted by atomic mass is 14.8. The van der Waals surface area contributed by atoms with Crippen molar-refractivity contribution in [2.45, 2.75) is 27.2 Å². The van der Waals surface area contributed by atoms with Gasteiger partial charge >= 0.3 is 0 Å². The van der Waals surface area contributed by atoms with Gasteiger partial charge in [-0.25, -0.2) is 0 Å². The van der Waals surface area contributed by atoms with Gasteiger partial charge in [-0.15, -0.1) is 0 Å². The van der Waals surface area contributed by atoms with Gasteiger partial charge in [0.05, 0.1) is 5.71 Å². The fourth-order valence-corrected chi connectivity index (χ4v) is 2.02. The molecule has 1 nitrogen and oxygen atoms in total. The van der Waals surface area contributed by atoms with Crippen molar-refractivity contribution in [1.29, 1.82) is 0 Å². The molecule has 1 aliphatic rings. The van der Waals surface area contributed by atoms with Gasteiger partial charge in [0.15, 0.2) is 0 Å². The molecule has 0 radical (unpaired) electrons. The minimum absolute atomic E-state index is 0.0761. The normalized spacial score (nSPS) is 18.6. The zero-order valence-electron chi connectivity index (χ0n) is 9.62. The summed E-state index contributed by atoms with van der Waals surface area (Å²) in [6.07, 6.45) is 3.29. The molecule has 0 saturated heterocycles. The lowest BCUT2D eigenvalue weighted by molar-refractivity contribution is 0.687. The fraction of sp³-hybridized carbons (Fsp3) is 0.357. The molecule has 0 aliphatic carbocycles. The molecular formula is C14H17N. The van der Waals surface area contributed by atoms with Crippen LogP contribution in [0.1, 0.15) is 32.8 Å². The summed E-state index contributed by atoms with van der Waals surface area (Å²) in [6.45, 7) is 6.60. The van der Waals surface area contributed by atoms with Gasteiger partial charge in [0.1, 0.15) is 0 Å². The summed E-state index contributed by atoms with van der Waals surface area (Å²) in [7, 11) is 0. The molecule has 1 heteroatoms. The predicted molar refractivity (Wildman–Crippen MR) is 65.1 cm³/mol. The molecule has 0 unspecified atom stereocenters. The highest BCUT2D eigenvalue weighted by Crippen LogP contribution is 2.33. The van der Waals surface area contributed by atoms with Crippen molar-refractivity contribution in [1.82, 2.24) is 0 Å². The van der Waals surface area contributed by atoms with E-state index in [0.717, 1.165) is 6.42 Å². The Labute approximate surface area is 91.6 Å². The summed E-state index contributed by atoms with van der Waals surface area (Å²) in [5.41, 5.74) is 3.72. The van der Waals surface area contributed by atoms with Gasteiger partial charge in [-0.1, -0.05) is 57.2 Å². The number of nitrogens with zero attached hydrogens (tertiary/aromatic N) is 1. The van der Waals surface area contributed by atoms with Crippen LogP contribution in [0.15, 0.2) is 47.1 Å². The molecule has 0 fully saturated rings. The molecular weight excluding hydrogens is 182 g/mol. The van der Waals surface area contributed by atoms with E-state index in [1.54, 1.807) is 0 Å². The molecule has 1 aromatic carbocycles. The molecule has 78 valence electrons. The third-order valence-electron chi connectivity index (χ3n) is 2.80. The van der Waals surface area contributed by atoms with Gasteiger partial charge in [0, 0.05) is 11.1 Å². The highest BCUT2D eigenvalue weighted by molar-refractivity contribution is 6.07. The number of benzene rings is 1. The third-order valence-corrected chi connectivity index (χ3v) is 2.80. The SMILES string of the molecule is CCC1=CC(C)(C)C(c2ccccc2)=N1. The maximum atomic E-state index is 4.71. The monoisotopic (exact) mass is 199 g/mol. The van der Waals surface area contributed by atoms with E-state index >= 15 is 0 Å². The second-order valence-electron chi connectivity index (χ2n) is 4.54. The van der Waals surface area contributed by atoms with E-state index in [2.05, 4.69) is 51.1 Å². The van der Waals surface area contributed by atoms with Crippen LogP contribution in [0, 0.1) is 5.41 Å². The zero-order chi connectivity index (χ0) is 10.9. The first-order valence-corrected chi connectivity index (χ1v) is 5.50.